The standard InChI is InChI=1S/C8H6O3/c9-7-2-1-3-8-6(7)4-5-10-11-8/h1-4H,5H2. The zero-order chi connectivity index (χ0) is 7.68. The normalized spacial score (nSPS) is 21.6. The summed E-state index contributed by atoms with van der Waals surface area (Å²) in [5.41, 5.74) is 0.596. The lowest BCUT2D eigenvalue weighted by atomic mass is 10.0. The van der Waals surface area contributed by atoms with Crippen LogP contribution in [0.2, 0.25) is 0 Å². The van der Waals surface area contributed by atoms with Gasteiger partial charge in [-0.3, -0.25) is 4.79 Å². The average molecular weight is 150 g/mol. The van der Waals surface area contributed by atoms with Gasteiger partial charge >= 0.3 is 0 Å². The van der Waals surface area contributed by atoms with E-state index in [-0.39, 0.29) is 5.78 Å². The van der Waals surface area contributed by atoms with Crippen LogP contribution in [0.5, 0.6) is 0 Å². The van der Waals surface area contributed by atoms with Crippen molar-refractivity contribution in [1.29, 1.82) is 0 Å². The van der Waals surface area contributed by atoms with Gasteiger partial charge < -0.3 is 4.89 Å². The molecule has 0 fully saturated rings. The van der Waals surface area contributed by atoms with Crippen LogP contribution in [-0.4, -0.2) is 12.4 Å². The van der Waals surface area contributed by atoms with Crippen LogP contribution in [0, 0.1) is 0 Å². The molecule has 1 heterocycles. The zero-order valence-corrected chi connectivity index (χ0v) is 5.74. The lowest BCUT2D eigenvalue weighted by molar-refractivity contribution is -0.255. The Morgan fingerprint density at radius 3 is 3.18 bits per heavy atom. The maximum Gasteiger partial charge on any atom is 0.189 e. The van der Waals surface area contributed by atoms with Gasteiger partial charge in [0.1, 0.15) is 6.61 Å². The first-order valence-corrected chi connectivity index (χ1v) is 3.30. The Morgan fingerprint density at radius 1 is 1.45 bits per heavy atom. The van der Waals surface area contributed by atoms with Crippen LogP contribution in [0.1, 0.15) is 0 Å². The Balaban J connectivity index is 2.43. The number of fused-ring (bicyclic) bond motifs is 1. The Labute approximate surface area is 63.5 Å². The van der Waals surface area contributed by atoms with E-state index in [0.717, 1.165) is 0 Å². The smallest absolute Gasteiger partial charge is 0.189 e. The van der Waals surface area contributed by atoms with Crippen LogP contribution >= 0.6 is 0 Å². The maximum atomic E-state index is 11.1. The number of rotatable bonds is 0. The molecule has 0 atom stereocenters. The third kappa shape index (κ3) is 0.991. The molecular weight excluding hydrogens is 144 g/mol. The van der Waals surface area contributed by atoms with Crippen LogP contribution in [0.4, 0.5) is 0 Å². The summed E-state index contributed by atoms with van der Waals surface area (Å²) >= 11 is 0. The lowest BCUT2D eigenvalue weighted by Crippen LogP contribution is -2.13. The van der Waals surface area contributed by atoms with E-state index >= 15 is 0 Å². The van der Waals surface area contributed by atoms with Crippen molar-refractivity contribution in [2.75, 3.05) is 6.61 Å². The van der Waals surface area contributed by atoms with E-state index in [1.54, 1.807) is 18.2 Å². The molecule has 0 bridgehead atoms. The molecule has 0 aromatic rings. The topological polar surface area (TPSA) is 35.5 Å². The predicted octanol–water partition coefficient (Wildman–Crippen LogP) is 0.897. The summed E-state index contributed by atoms with van der Waals surface area (Å²) in [6.45, 7) is 0.340. The second-order valence-electron chi connectivity index (χ2n) is 2.24. The van der Waals surface area contributed by atoms with Crippen molar-refractivity contribution in [2.45, 2.75) is 0 Å². The minimum atomic E-state index is -0.0224. The van der Waals surface area contributed by atoms with E-state index in [1.165, 1.54) is 6.08 Å². The fourth-order valence-corrected chi connectivity index (χ4v) is 1.01. The van der Waals surface area contributed by atoms with Gasteiger partial charge in [0.2, 0.25) is 0 Å². The van der Waals surface area contributed by atoms with Gasteiger partial charge in [0, 0.05) is 0 Å². The quantitative estimate of drug-likeness (QED) is 0.481. The number of hydrogen-bond acceptors (Lipinski definition) is 3. The van der Waals surface area contributed by atoms with Gasteiger partial charge in [-0.1, -0.05) is 6.08 Å². The Morgan fingerprint density at radius 2 is 2.36 bits per heavy atom. The van der Waals surface area contributed by atoms with Gasteiger partial charge in [-0.25, -0.2) is 0 Å². The van der Waals surface area contributed by atoms with Crippen molar-refractivity contribution in [1.82, 2.24) is 0 Å². The second-order valence-corrected chi connectivity index (χ2v) is 2.24. The summed E-state index contributed by atoms with van der Waals surface area (Å²) in [6.07, 6.45) is 6.56. The van der Waals surface area contributed by atoms with Crippen LogP contribution < -0.4 is 0 Å². The zero-order valence-electron chi connectivity index (χ0n) is 5.74. The summed E-state index contributed by atoms with van der Waals surface area (Å²) in [5.74, 6) is 0.481. The highest BCUT2D eigenvalue weighted by Gasteiger charge is 2.19. The van der Waals surface area contributed by atoms with Crippen molar-refractivity contribution >= 4 is 5.78 Å². The van der Waals surface area contributed by atoms with Crippen LogP contribution in [-0.2, 0) is 14.6 Å². The fourth-order valence-electron chi connectivity index (χ4n) is 1.01. The largest absolute Gasteiger partial charge is 0.336 e. The number of ketones is 1. The summed E-state index contributed by atoms with van der Waals surface area (Å²) in [6, 6.07) is 0. The molecule has 0 N–H and O–H groups in total. The molecule has 2 rings (SSSR count). The number of carbonyl (C=O) groups excluding carboxylic acids is 1. The molecule has 0 spiro atoms. The molecule has 56 valence electrons. The highest BCUT2D eigenvalue weighted by molar-refractivity contribution is 6.08. The molecule has 0 radical (unpaired) electrons. The molecule has 0 aromatic carbocycles. The van der Waals surface area contributed by atoms with Crippen molar-refractivity contribution in [3.05, 3.63) is 35.6 Å². The van der Waals surface area contributed by atoms with Gasteiger partial charge in [0.25, 0.3) is 0 Å². The maximum absolute atomic E-state index is 11.1. The van der Waals surface area contributed by atoms with Crippen molar-refractivity contribution in [3.8, 4) is 0 Å². The van der Waals surface area contributed by atoms with Crippen LogP contribution in [0.15, 0.2) is 35.6 Å². The fraction of sp³-hybridized carbons (Fsp3) is 0.125. The van der Waals surface area contributed by atoms with Gasteiger partial charge in [-0.15, -0.1) is 0 Å². The van der Waals surface area contributed by atoms with E-state index < -0.39 is 0 Å². The molecule has 0 amide bonds. The third-order valence-electron chi connectivity index (χ3n) is 1.53. The van der Waals surface area contributed by atoms with E-state index in [1.807, 2.05) is 0 Å². The minimum Gasteiger partial charge on any atom is -0.336 e. The van der Waals surface area contributed by atoms with E-state index in [2.05, 4.69) is 4.89 Å². The van der Waals surface area contributed by atoms with Crippen LogP contribution in [0.3, 0.4) is 0 Å². The van der Waals surface area contributed by atoms with Crippen LogP contribution in [0.25, 0.3) is 0 Å². The SMILES string of the molecule is O=C1C=CC=C2OOCC=C12. The number of allylic oxidation sites excluding steroid dienone is 4. The van der Waals surface area contributed by atoms with E-state index in [4.69, 9.17) is 4.89 Å². The van der Waals surface area contributed by atoms with Crippen molar-refractivity contribution < 1.29 is 14.6 Å². The van der Waals surface area contributed by atoms with Gasteiger partial charge in [-0.05, 0) is 18.2 Å². The molecule has 3 heteroatoms. The average Bonchev–Trinajstić information content (AvgIpc) is 2.06. The molecule has 3 nitrogen and oxygen atoms in total. The Bertz CT molecular complexity index is 284. The molecule has 1 aliphatic carbocycles. The summed E-state index contributed by atoms with van der Waals surface area (Å²) in [7, 11) is 0. The molecule has 0 saturated carbocycles. The third-order valence-corrected chi connectivity index (χ3v) is 1.53. The molecule has 0 aromatic heterocycles. The highest BCUT2D eigenvalue weighted by atomic mass is 17.2. The van der Waals surface area contributed by atoms with Gasteiger partial charge in [0.15, 0.2) is 11.5 Å². The first kappa shape index (κ1) is 6.37. The first-order valence-electron chi connectivity index (χ1n) is 3.30. The van der Waals surface area contributed by atoms with Gasteiger partial charge in [-0.2, -0.15) is 4.89 Å². The summed E-state index contributed by atoms with van der Waals surface area (Å²) in [5, 5.41) is 0. The summed E-state index contributed by atoms with van der Waals surface area (Å²) in [4.78, 5) is 20.5. The lowest BCUT2D eigenvalue weighted by Gasteiger charge is -2.15. The van der Waals surface area contributed by atoms with Crippen molar-refractivity contribution in [2.24, 2.45) is 0 Å². The molecule has 2 aliphatic rings. The number of carbonyl (C=O) groups is 1. The summed E-state index contributed by atoms with van der Waals surface area (Å²) < 4.78 is 0. The monoisotopic (exact) mass is 150 g/mol. The molecule has 11 heavy (non-hydrogen) atoms. The van der Waals surface area contributed by atoms with Crippen molar-refractivity contribution in [3.63, 3.8) is 0 Å². The van der Waals surface area contributed by atoms with E-state index in [9.17, 15) is 4.79 Å². The molecular formula is C8H6O3. The molecule has 0 unspecified atom stereocenters. The second kappa shape index (κ2) is 2.36. The Kier molecular flexibility index (Phi) is 1.36. The minimum absolute atomic E-state index is 0.0224. The number of hydrogen-bond donors (Lipinski definition) is 0. The first-order chi connectivity index (χ1) is 5.38. The Hall–Kier alpha value is -1.35. The highest BCUT2D eigenvalue weighted by Crippen LogP contribution is 2.21. The molecule has 1 aliphatic heterocycles. The molecule has 0 saturated heterocycles. The van der Waals surface area contributed by atoms with E-state index in [0.29, 0.717) is 17.9 Å². The predicted molar refractivity (Wildman–Crippen MR) is 37.4 cm³/mol. The van der Waals surface area contributed by atoms with Gasteiger partial charge in [0.05, 0.1) is 5.57 Å².